The summed E-state index contributed by atoms with van der Waals surface area (Å²) in [4.78, 5) is 50.7. The molecule has 0 aromatic heterocycles. The van der Waals surface area contributed by atoms with Crippen molar-refractivity contribution < 1.29 is 23.7 Å². The van der Waals surface area contributed by atoms with Gasteiger partial charge in [-0.3, -0.25) is 24.5 Å². The fourth-order valence-electron chi connectivity index (χ4n) is 3.61. The van der Waals surface area contributed by atoms with Crippen LogP contribution in [-0.2, 0) is 9.59 Å². The predicted octanol–water partition coefficient (Wildman–Crippen LogP) is 3.21. The number of carbonyl (C=O) groups excluding carboxylic acids is 3. The zero-order valence-corrected chi connectivity index (χ0v) is 17.7. The molecule has 10 heteroatoms. The zero-order chi connectivity index (χ0) is 23.4. The summed E-state index contributed by atoms with van der Waals surface area (Å²) in [5.41, 5.74) is 0.286. The minimum absolute atomic E-state index is 0.00548. The molecule has 9 nitrogen and oxygen atoms in total. The number of nitrogens with zero attached hydrogens (tertiary/aromatic N) is 3. The van der Waals surface area contributed by atoms with Crippen LogP contribution in [0.15, 0.2) is 42.5 Å². The van der Waals surface area contributed by atoms with Crippen molar-refractivity contribution in [2.45, 2.75) is 20.3 Å². The van der Waals surface area contributed by atoms with Gasteiger partial charge in [-0.1, -0.05) is 6.07 Å². The van der Waals surface area contributed by atoms with Crippen LogP contribution in [0.25, 0.3) is 0 Å². The molecule has 0 saturated carbocycles. The Morgan fingerprint density at radius 2 is 1.94 bits per heavy atom. The molecule has 1 atom stereocenters. The van der Waals surface area contributed by atoms with E-state index >= 15 is 0 Å². The van der Waals surface area contributed by atoms with Gasteiger partial charge >= 0.3 is 5.69 Å². The largest absolute Gasteiger partial charge is 0.339 e. The van der Waals surface area contributed by atoms with Gasteiger partial charge in [0.1, 0.15) is 0 Å². The van der Waals surface area contributed by atoms with Gasteiger partial charge in [-0.05, 0) is 44.2 Å². The Labute approximate surface area is 184 Å². The number of nitro groups is 1. The normalized spacial score (nSPS) is 15.5. The van der Waals surface area contributed by atoms with Gasteiger partial charge in [-0.15, -0.1) is 0 Å². The number of nitrogens with one attached hydrogen (secondary N) is 1. The fraction of sp³-hybridized carbons (Fsp3) is 0.318. The average molecular weight is 442 g/mol. The summed E-state index contributed by atoms with van der Waals surface area (Å²) in [7, 11) is 0. The molecule has 0 spiro atoms. The number of carbonyl (C=O) groups is 3. The number of benzene rings is 2. The third-order valence-corrected chi connectivity index (χ3v) is 5.36. The first-order valence-corrected chi connectivity index (χ1v) is 10.2. The highest BCUT2D eigenvalue weighted by molar-refractivity contribution is 6.04. The molecule has 1 fully saturated rings. The molecule has 1 heterocycles. The van der Waals surface area contributed by atoms with Crippen LogP contribution in [0.5, 0.6) is 0 Å². The third-order valence-electron chi connectivity index (χ3n) is 5.36. The monoisotopic (exact) mass is 442 g/mol. The second-order valence-electron chi connectivity index (χ2n) is 7.35. The van der Waals surface area contributed by atoms with Crippen LogP contribution in [0.2, 0.25) is 0 Å². The number of amides is 3. The lowest BCUT2D eigenvalue weighted by Gasteiger charge is -2.19. The van der Waals surface area contributed by atoms with Gasteiger partial charge in [-0.25, -0.2) is 0 Å². The number of rotatable bonds is 7. The smallest absolute Gasteiger partial charge is 0.306 e. The van der Waals surface area contributed by atoms with Gasteiger partial charge in [-0.2, -0.15) is 4.39 Å². The molecule has 2 aromatic rings. The van der Waals surface area contributed by atoms with Gasteiger partial charge in [0.05, 0.1) is 16.5 Å². The van der Waals surface area contributed by atoms with E-state index < -0.39 is 34.2 Å². The molecule has 1 unspecified atom stereocenters. The Balaban J connectivity index is 1.72. The van der Waals surface area contributed by atoms with E-state index in [0.29, 0.717) is 24.3 Å². The van der Waals surface area contributed by atoms with E-state index in [2.05, 4.69) is 5.32 Å². The zero-order valence-electron chi connectivity index (χ0n) is 17.7. The van der Waals surface area contributed by atoms with E-state index in [-0.39, 0.29) is 24.6 Å². The van der Waals surface area contributed by atoms with Gasteiger partial charge in [0.15, 0.2) is 0 Å². The van der Waals surface area contributed by atoms with Crippen LogP contribution in [0.4, 0.5) is 21.5 Å². The second-order valence-corrected chi connectivity index (χ2v) is 7.35. The summed E-state index contributed by atoms with van der Waals surface area (Å²) < 4.78 is 13.6. The highest BCUT2D eigenvalue weighted by atomic mass is 19.1. The summed E-state index contributed by atoms with van der Waals surface area (Å²) in [6, 6.07) is 9.73. The van der Waals surface area contributed by atoms with Crippen molar-refractivity contribution in [2.24, 2.45) is 5.92 Å². The van der Waals surface area contributed by atoms with Crippen molar-refractivity contribution in [2.75, 3.05) is 29.9 Å². The van der Waals surface area contributed by atoms with Crippen molar-refractivity contribution in [3.63, 3.8) is 0 Å². The summed E-state index contributed by atoms with van der Waals surface area (Å²) in [6.45, 7) is 4.89. The van der Waals surface area contributed by atoms with E-state index in [1.54, 1.807) is 29.2 Å². The quantitative estimate of drug-likeness (QED) is 0.523. The highest BCUT2D eigenvalue weighted by Gasteiger charge is 2.36. The second kappa shape index (κ2) is 9.54. The molecule has 3 amide bonds. The Morgan fingerprint density at radius 3 is 2.59 bits per heavy atom. The molecule has 1 saturated heterocycles. The van der Waals surface area contributed by atoms with Crippen LogP contribution in [0.1, 0.15) is 30.6 Å². The molecular formula is C22H23FN4O5. The number of nitro benzene ring substituents is 1. The Bertz CT molecular complexity index is 1070. The third kappa shape index (κ3) is 4.74. The molecule has 1 aliphatic rings. The van der Waals surface area contributed by atoms with Crippen LogP contribution in [-0.4, -0.2) is 47.2 Å². The SMILES string of the molecule is CCN(CC)C(=O)c1cccc(NC(=O)C2CC(=O)N(c3ccc(F)c([N+](=O)[O-])c3)C2)c1. The van der Waals surface area contributed by atoms with E-state index in [4.69, 9.17) is 0 Å². The predicted molar refractivity (Wildman–Crippen MR) is 116 cm³/mol. The summed E-state index contributed by atoms with van der Waals surface area (Å²) in [6.07, 6.45) is -0.0882. The summed E-state index contributed by atoms with van der Waals surface area (Å²) in [5, 5.41) is 13.7. The molecule has 0 aliphatic carbocycles. The molecule has 0 radical (unpaired) electrons. The van der Waals surface area contributed by atoms with Gasteiger partial charge < -0.3 is 15.1 Å². The van der Waals surface area contributed by atoms with Crippen LogP contribution in [0, 0.1) is 21.8 Å². The van der Waals surface area contributed by atoms with Crippen molar-refractivity contribution >= 4 is 34.8 Å². The molecule has 1 aliphatic heterocycles. The highest BCUT2D eigenvalue weighted by Crippen LogP contribution is 2.30. The lowest BCUT2D eigenvalue weighted by atomic mass is 10.1. The first kappa shape index (κ1) is 22.9. The number of hydrogen-bond acceptors (Lipinski definition) is 5. The standard InChI is InChI=1S/C22H23FN4O5/c1-3-25(4-2)22(30)14-6-5-7-16(10-14)24-21(29)15-11-20(28)26(13-15)17-8-9-18(23)19(12-17)27(31)32/h5-10,12,15H,3-4,11,13H2,1-2H3,(H,24,29). The Hall–Kier alpha value is -3.82. The maximum absolute atomic E-state index is 13.6. The van der Waals surface area contributed by atoms with Crippen molar-refractivity contribution in [1.29, 1.82) is 0 Å². The molecular weight excluding hydrogens is 419 g/mol. The van der Waals surface area contributed by atoms with E-state index in [1.807, 2.05) is 13.8 Å². The lowest BCUT2D eigenvalue weighted by molar-refractivity contribution is -0.387. The number of halogens is 1. The van der Waals surface area contributed by atoms with E-state index in [9.17, 15) is 28.9 Å². The minimum Gasteiger partial charge on any atom is -0.339 e. The first-order chi connectivity index (χ1) is 15.2. The van der Waals surface area contributed by atoms with Crippen molar-refractivity contribution in [3.05, 3.63) is 64.0 Å². The minimum atomic E-state index is -1.00. The van der Waals surface area contributed by atoms with E-state index in [1.165, 1.54) is 11.0 Å². The lowest BCUT2D eigenvalue weighted by Crippen LogP contribution is -2.30. The number of hydrogen-bond donors (Lipinski definition) is 1. The summed E-state index contributed by atoms with van der Waals surface area (Å²) >= 11 is 0. The molecule has 0 bridgehead atoms. The van der Waals surface area contributed by atoms with Crippen LogP contribution in [0.3, 0.4) is 0 Å². The molecule has 3 rings (SSSR count). The topological polar surface area (TPSA) is 113 Å². The maximum atomic E-state index is 13.6. The number of anilines is 2. The molecule has 2 aromatic carbocycles. The van der Waals surface area contributed by atoms with Crippen molar-refractivity contribution in [3.8, 4) is 0 Å². The molecule has 168 valence electrons. The molecule has 32 heavy (non-hydrogen) atoms. The first-order valence-electron chi connectivity index (χ1n) is 10.2. The van der Waals surface area contributed by atoms with E-state index in [0.717, 1.165) is 12.1 Å². The van der Waals surface area contributed by atoms with Gasteiger partial charge in [0.25, 0.3) is 5.91 Å². The molecule has 1 N–H and O–H groups in total. The maximum Gasteiger partial charge on any atom is 0.306 e. The average Bonchev–Trinajstić information content (AvgIpc) is 3.16. The Morgan fingerprint density at radius 1 is 1.22 bits per heavy atom. The summed E-state index contributed by atoms with van der Waals surface area (Å²) in [5.74, 6) is -2.65. The van der Waals surface area contributed by atoms with Gasteiger partial charge in [0, 0.05) is 43.4 Å². The Kier molecular flexibility index (Phi) is 6.82. The fourth-order valence-corrected chi connectivity index (χ4v) is 3.61. The van der Waals surface area contributed by atoms with Gasteiger partial charge in [0.2, 0.25) is 17.6 Å². The van der Waals surface area contributed by atoms with Crippen LogP contribution < -0.4 is 10.2 Å². The van der Waals surface area contributed by atoms with Crippen LogP contribution >= 0.6 is 0 Å². The van der Waals surface area contributed by atoms with Crippen molar-refractivity contribution in [1.82, 2.24) is 4.90 Å².